The van der Waals surface area contributed by atoms with Crippen molar-refractivity contribution in [1.29, 1.82) is 0 Å². The zero-order valence-corrected chi connectivity index (χ0v) is 39.0. The van der Waals surface area contributed by atoms with E-state index in [0.29, 0.717) is 6.42 Å². The van der Waals surface area contributed by atoms with Gasteiger partial charge in [0.15, 0.2) is 0 Å². The van der Waals surface area contributed by atoms with Crippen molar-refractivity contribution in [2.24, 2.45) is 0 Å². The van der Waals surface area contributed by atoms with Crippen LogP contribution in [0.1, 0.15) is 200 Å². The topological polar surface area (TPSA) is 131 Å². The largest absolute Gasteiger partial charge is 0.472 e. The number of phosphoric ester groups is 1. The van der Waals surface area contributed by atoms with Crippen molar-refractivity contribution in [3.05, 3.63) is 72.9 Å². The molecule has 0 aliphatic rings. The van der Waals surface area contributed by atoms with Gasteiger partial charge in [-0.25, -0.2) is 4.57 Å². The number of carbonyl (C=O) groups excluding carboxylic acids is 2. The van der Waals surface area contributed by atoms with Crippen LogP contribution in [-0.2, 0) is 27.9 Å². The summed E-state index contributed by atoms with van der Waals surface area (Å²) in [6.45, 7) is 3.48. The Kier molecular flexibility index (Phi) is 44.0. The van der Waals surface area contributed by atoms with Gasteiger partial charge in [0.05, 0.1) is 13.2 Å². The van der Waals surface area contributed by atoms with Crippen molar-refractivity contribution in [2.45, 2.75) is 206 Å². The van der Waals surface area contributed by atoms with E-state index in [1.165, 1.54) is 77.0 Å². The molecule has 0 radical (unpaired) electrons. The smallest absolute Gasteiger partial charge is 0.463 e. The number of aliphatic hydroxyl groups is 1. The van der Waals surface area contributed by atoms with E-state index in [1.807, 2.05) is 0 Å². The molecule has 0 bridgehead atoms. The highest BCUT2D eigenvalue weighted by atomic mass is 31.2. The molecule has 9 nitrogen and oxygen atoms in total. The number of ether oxygens (including phenoxy) is 1. The number of unbranched alkanes of at least 4 members (excludes halogenated alkanes) is 19. The number of nitrogens with one attached hydrogen (secondary N) is 1. The minimum atomic E-state index is -4.43. The normalized spacial score (nSPS) is 13.9. The molecule has 10 heteroatoms. The highest BCUT2D eigenvalue weighted by Crippen LogP contribution is 2.42. The molecule has 346 valence electrons. The van der Waals surface area contributed by atoms with Gasteiger partial charge < -0.3 is 20.1 Å². The molecule has 0 fully saturated rings. The van der Waals surface area contributed by atoms with E-state index in [-0.39, 0.29) is 32.1 Å². The molecule has 0 heterocycles. The Morgan fingerprint density at radius 1 is 0.517 bits per heavy atom. The molecular weight excluding hydrogens is 774 g/mol. The number of hydrogen-bond acceptors (Lipinski definition) is 7. The van der Waals surface area contributed by atoms with Gasteiger partial charge in [0.2, 0.25) is 5.91 Å². The van der Waals surface area contributed by atoms with E-state index >= 15 is 0 Å². The van der Waals surface area contributed by atoms with Crippen LogP contribution in [0.5, 0.6) is 0 Å². The Labute approximate surface area is 367 Å². The molecule has 0 saturated carbocycles. The lowest BCUT2D eigenvalue weighted by Gasteiger charge is -2.15. The molecule has 0 aliphatic carbocycles. The lowest BCUT2D eigenvalue weighted by atomic mass is 10.1. The molecule has 0 aromatic heterocycles. The predicted molar refractivity (Wildman–Crippen MR) is 252 cm³/mol. The molecule has 1 amide bonds. The summed E-state index contributed by atoms with van der Waals surface area (Å²) in [6.07, 6.45) is 56.8. The first-order valence-electron chi connectivity index (χ1n) is 23.9. The molecule has 2 atom stereocenters. The van der Waals surface area contributed by atoms with Crippen LogP contribution in [-0.4, -0.2) is 54.3 Å². The Morgan fingerprint density at radius 3 is 1.38 bits per heavy atom. The first-order chi connectivity index (χ1) is 29.3. The average Bonchev–Trinajstić information content (AvgIpc) is 3.23. The third-order valence-electron chi connectivity index (χ3n) is 9.86. The Hall–Kier alpha value is -2.55. The van der Waals surface area contributed by atoms with Crippen LogP contribution < -0.4 is 5.32 Å². The quantitative estimate of drug-likeness (QED) is 0.0239. The van der Waals surface area contributed by atoms with E-state index in [1.54, 1.807) is 0 Å². The van der Waals surface area contributed by atoms with Crippen LogP contribution in [0.25, 0.3) is 0 Å². The number of phosphoric acid groups is 1. The summed E-state index contributed by atoms with van der Waals surface area (Å²) < 4.78 is 26.9. The summed E-state index contributed by atoms with van der Waals surface area (Å²) in [5.74, 6) is -0.544. The van der Waals surface area contributed by atoms with Crippen LogP contribution in [0.4, 0.5) is 0 Å². The van der Waals surface area contributed by atoms with Crippen LogP contribution in [0.3, 0.4) is 0 Å². The Morgan fingerprint density at radius 2 is 0.900 bits per heavy atom. The maximum absolute atomic E-state index is 12.1. The second kappa shape index (κ2) is 46.0. The fraction of sp³-hybridized carbons (Fsp3) is 0.720. The van der Waals surface area contributed by atoms with Crippen molar-refractivity contribution < 1.29 is 37.9 Å². The fourth-order valence-corrected chi connectivity index (χ4v) is 6.97. The van der Waals surface area contributed by atoms with E-state index < -0.39 is 26.5 Å². The number of aliphatic hydroxyl groups excluding tert-OH is 1. The number of rotatable bonds is 44. The van der Waals surface area contributed by atoms with Crippen LogP contribution in [0.2, 0.25) is 0 Å². The van der Waals surface area contributed by atoms with Gasteiger partial charge in [-0.3, -0.25) is 18.6 Å². The number of allylic oxidation sites excluding steroid dienone is 12. The van der Waals surface area contributed by atoms with Gasteiger partial charge >= 0.3 is 13.8 Å². The van der Waals surface area contributed by atoms with Crippen LogP contribution in [0.15, 0.2) is 72.9 Å². The third kappa shape index (κ3) is 46.5. The van der Waals surface area contributed by atoms with Crippen LogP contribution in [0, 0.1) is 0 Å². The number of amides is 1. The van der Waals surface area contributed by atoms with Gasteiger partial charge in [-0.1, -0.05) is 170 Å². The van der Waals surface area contributed by atoms with E-state index in [0.717, 1.165) is 96.3 Å². The van der Waals surface area contributed by atoms with Crippen LogP contribution >= 0.6 is 7.82 Å². The van der Waals surface area contributed by atoms with Gasteiger partial charge in [0.1, 0.15) is 12.7 Å². The fourth-order valence-electron chi connectivity index (χ4n) is 6.22. The lowest BCUT2D eigenvalue weighted by molar-refractivity contribution is -0.147. The molecule has 0 saturated heterocycles. The monoisotopic (exact) mass is 862 g/mol. The van der Waals surface area contributed by atoms with Crippen molar-refractivity contribution in [3.63, 3.8) is 0 Å². The maximum atomic E-state index is 12.1. The summed E-state index contributed by atoms with van der Waals surface area (Å²) in [5.41, 5.74) is 0. The summed E-state index contributed by atoms with van der Waals surface area (Å²) in [4.78, 5) is 34.0. The SMILES string of the molecule is CCCCC/C=C\C/C=C\C/C=C\C/C=C\CCCCCCCCCC(=O)OCC(O)COP(=O)(O)OCCNC(=O)CCCCCCC/C=C\C/C=C\CCCCCC. The first kappa shape index (κ1) is 57.4. The van der Waals surface area contributed by atoms with E-state index in [2.05, 4.69) is 92.1 Å². The van der Waals surface area contributed by atoms with Crippen molar-refractivity contribution in [2.75, 3.05) is 26.4 Å². The molecule has 0 aromatic rings. The summed E-state index contributed by atoms with van der Waals surface area (Å²) in [7, 11) is -4.43. The number of esters is 1. The molecule has 0 aromatic carbocycles. The minimum Gasteiger partial charge on any atom is -0.463 e. The van der Waals surface area contributed by atoms with Gasteiger partial charge in [-0.15, -0.1) is 0 Å². The van der Waals surface area contributed by atoms with Gasteiger partial charge in [-0.2, -0.15) is 0 Å². The van der Waals surface area contributed by atoms with Crippen molar-refractivity contribution in [3.8, 4) is 0 Å². The van der Waals surface area contributed by atoms with E-state index in [4.69, 9.17) is 13.8 Å². The van der Waals surface area contributed by atoms with Gasteiger partial charge in [0, 0.05) is 19.4 Å². The van der Waals surface area contributed by atoms with Crippen molar-refractivity contribution in [1.82, 2.24) is 5.32 Å². The first-order valence-corrected chi connectivity index (χ1v) is 25.4. The van der Waals surface area contributed by atoms with Gasteiger partial charge in [-0.05, 0) is 89.9 Å². The standard InChI is InChI=1S/C50H88NO8P/c1-3-5-7-9-11-13-15-17-19-21-22-23-24-25-26-27-29-31-33-35-37-39-41-43-50(54)57-46-48(52)47-59-60(55,56)58-45-44-51-49(53)42-40-38-36-34-32-30-28-20-18-16-14-12-10-8-6-4-2/h11,13-14,16-17,19-20,22-23,25-26,28,48,52H,3-10,12,15,18,21,24,27,29-47H2,1-2H3,(H,51,53)(H,55,56)/b13-11-,16-14-,19-17-,23-22-,26-25-,28-20-. The summed E-state index contributed by atoms with van der Waals surface area (Å²) >= 11 is 0. The Bertz CT molecular complexity index is 1210. The highest BCUT2D eigenvalue weighted by Gasteiger charge is 2.23. The lowest BCUT2D eigenvalue weighted by Crippen LogP contribution is -2.27. The minimum absolute atomic E-state index is 0.0695. The predicted octanol–water partition coefficient (Wildman–Crippen LogP) is 13.8. The summed E-state index contributed by atoms with van der Waals surface area (Å²) in [6, 6.07) is 0. The average molecular weight is 862 g/mol. The van der Waals surface area contributed by atoms with Gasteiger partial charge in [0.25, 0.3) is 0 Å². The zero-order chi connectivity index (χ0) is 43.9. The second-order valence-electron chi connectivity index (χ2n) is 15.7. The molecule has 60 heavy (non-hydrogen) atoms. The van der Waals surface area contributed by atoms with E-state index in [9.17, 15) is 24.2 Å². The number of hydrogen-bond donors (Lipinski definition) is 3. The highest BCUT2D eigenvalue weighted by molar-refractivity contribution is 7.47. The maximum Gasteiger partial charge on any atom is 0.472 e. The Balaban J connectivity index is 3.64. The molecule has 2 unspecified atom stereocenters. The summed E-state index contributed by atoms with van der Waals surface area (Å²) in [5, 5.41) is 12.7. The van der Waals surface area contributed by atoms with Crippen molar-refractivity contribution >= 4 is 19.7 Å². The second-order valence-corrected chi connectivity index (χ2v) is 17.2. The molecule has 0 aliphatic heterocycles. The third-order valence-corrected chi connectivity index (χ3v) is 10.8. The molecule has 0 spiro atoms. The number of carbonyl (C=O) groups is 2. The molecular formula is C50H88NO8P. The zero-order valence-electron chi connectivity index (χ0n) is 38.1. The molecule has 0 rings (SSSR count). The molecule has 3 N–H and O–H groups in total.